The molecule has 0 aliphatic rings. The third-order valence-corrected chi connectivity index (χ3v) is 2.90. The van der Waals surface area contributed by atoms with Crippen molar-refractivity contribution in [1.29, 1.82) is 0 Å². The lowest BCUT2D eigenvalue weighted by molar-refractivity contribution is 0.482. The number of fused-ring (bicyclic) bond motifs is 1. The quantitative estimate of drug-likeness (QED) is 0.694. The smallest absolute Gasteiger partial charge is 0.125 e. The Morgan fingerprint density at radius 1 is 0.722 bits per heavy atom. The second-order valence-corrected chi connectivity index (χ2v) is 4.21. The largest absolute Gasteiger partial charge is 0.507 e. The number of para-hydroxylation sites is 1. The second-order valence-electron chi connectivity index (χ2n) is 4.21. The van der Waals surface area contributed by atoms with Crippen LogP contribution in [0.25, 0.3) is 10.8 Å². The molecule has 0 aliphatic heterocycles. The Kier molecular flexibility index (Phi) is 2.61. The SMILES string of the molecule is Oc1cc(Nc2ccccc2)cc2ccccc12. The summed E-state index contributed by atoms with van der Waals surface area (Å²) in [6.45, 7) is 0. The van der Waals surface area contributed by atoms with E-state index in [1.54, 1.807) is 6.07 Å². The van der Waals surface area contributed by atoms with Crippen molar-refractivity contribution < 1.29 is 5.11 Å². The van der Waals surface area contributed by atoms with Gasteiger partial charge in [0.1, 0.15) is 5.75 Å². The van der Waals surface area contributed by atoms with Crippen LogP contribution < -0.4 is 5.32 Å². The molecule has 0 amide bonds. The van der Waals surface area contributed by atoms with Gasteiger partial charge in [0.25, 0.3) is 0 Å². The van der Waals surface area contributed by atoms with Gasteiger partial charge in [0, 0.05) is 22.8 Å². The Morgan fingerprint density at radius 2 is 1.44 bits per heavy atom. The summed E-state index contributed by atoms with van der Waals surface area (Å²) in [7, 11) is 0. The summed E-state index contributed by atoms with van der Waals surface area (Å²) in [5, 5.41) is 15.2. The van der Waals surface area contributed by atoms with Crippen LogP contribution in [0.15, 0.2) is 66.7 Å². The maximum Gasteiger partial charge on any atom is 0.125 e. The first-order chi connectivity index (χ1) is 8.83. The van der Waals surface area contributed by atoms with Gasteiger partial charge in [-0.1, -0.05) is 42.5 Å². The number of nitrogens with one attached hydrogen (secondary N) is 1. The summed E-state index contributed by atoms with van der Waals surface area (Å²) in [6, 6.07) is 21.5. The van der Waals surface area contributed by atoms with Crippen molar-refractivity contribution in [3.05, 3.63) is 66.7 Å². The average molecular weight is 235 g/mol. The summed E-state index contributed by atoms with van der Waals surface area (Å²) in [5.41, 5.74) is 1.89. The number of hydrogen-bond donors (Lipinski definition) is 2. The van der Waals surface area contributed by atoms with E-state index in [0.29, 0.717) is 5.75 Å². The first kappa shape index (κ1) is 10.7. The number of rotatable bonds is 2. The van der Waals surface area contributed by atoms with Crippen LogP contribution in [0.4, 0.5) is 11.4 Å². The van der Waals surface area contributed by atoms with Crippen LogP contribution in [-0.2, 0) is 0 Å². The molecule has 0 fully saturated rings. The number of phenols is 1. The highest BCUT2D eigenvalue weighted by Gasteiger charge is 2.02. The van der Waals surface area contributed by atoms with E-state index in [-0.39, 0.29) is 0 Å². The fourth-order valence-electron chi connectivity index (χ4n) is 2.05. The Bertz CT molecular complexity index is 677. The van der Waals surface area contributed by atoms with Crippen molar-refractivity contribution in [2.75, 3.05) is 5.32 Å². The topological polar surface area (TPSA) is 32.3 Å². The average Bonchev–Trinajstić information content (AvgIpc) is 2.40. The number of aromatic hydroxyl groups is 1. The molecule has 2 N–H and O–H groups in total. The van der Waals surface area contributed by atoms with Crippen LogP contribution in [0, 0.1) is 0 Å². The second kappa shape index (κ2) is 4.41. The number of benzene rings is 3. The minimum atomic E-state index is 0.298. The summed E-state index contributed by atoms with van der Waals surface area (Å²) in [4.78, 5) is 0. The number of hydrogen-bond acceptors (Lipinski definition) is 2. The van der Waals surface area contributed by atoms with Gasteiger partial charge in [-0.25, -0.2) is 0 Å². The molecule has 0 bridgehead atoms. The molecule has 88 valence electrons. The molecule has 0 unspecified atom stereocenters. The number of anilines is 2. The van der Waals surface area contributed by atoms with Gasteiger partial charge in [-0.15, -0.1) is 0 Å². The van der Waals surface area contributed by atoms with Gasteiger partial charge in [0.2, 0.25) is 0 Å². The predicted molar refractivity (Wildman–Crippen MR) is 75.3 cm³/mol. The van der Waals surface area contributed by atoms with E-state index in [0.717, 1.165) is 22.1 Å². The zero-order valence-electron chi connectivity index (χ0n) is 9.80. The Morgan fingerprint density at radius 3 is 2.28 bits per heavy atom. The molecule has 0 atom stereocenters. The first-order valence-electron chi connectivity index (χ1n) is 5.87. The van der Waals surface area contributed by atoms with Gasteiger partial charge in [0.05, 0.1) is 0 Å². The highest BCUT2D eigenvalue weighted by Crippen LogP contribution is 2.30. The molecule has 0 aromatic heterocycles. The van der Waals surface area contributed by atoms with Gasteiger partial charge in [-0.3, -0.25) is 0 Å². The standard InChI is InChI=1S/C16H13NO/c18-16-11-14(17-13-7-2-1-3-8-13)10-12-6-4-5-9-15(12)16/h1-11,17-18H. The van der Waals surface area contributed by atoms with E-state index < -0.39 is 0 Å². The molecule has 2 nitrogen and oxygen atoms in total. The summed E-state index contributed by atoms with van der Waals surface area (Å²) >= 11 is 0. The van der Waals surface area contributed by atoms with Gasteiger partial charge in [-0.2, -0.15) is 0 Å². The lowest BCUT2D eigenvalue weighted by atomic mass is 10.1. The lowest BCUT2D eigenvalue weighted by Crippen LogP contribution is -1.89. The van der Waals surface area contributed by atoms with Crippen molar-refractivity contribution in [1.82, 2.24) is 0 Å². The van der Waals surface area contributed by atoms with Gasteiger partial charge in [0.15, 0.2) is 0 Å². The van der Waals surface area contributed by atoms with Crippen LogP contribution in [0.3, 0.4) is 0 Å². The highest BCUT2D eigenvalue weighted by molar-refractivity contribution is 5.91. The van der Waals surface area contributed by atoms with Gasteiger partial charge >= 0.3 is 0 Å². The third kappa shape index (κ3) is 2.00. The van der Waals surface area contributed by atoms with Crippen LogP contribution in [0.2, 0.25) is 0 Å². The summed E-state index contributed by atoms with van der Waals surface area (Å²) in [6.07, 6.45) is 0. The Hall–Kier alpha value is -2.48. The Balaban J connectivity index is 2.03. The minimum absolute atomic E-state index is 0.298. The molecule has 0 radical (unpaired) electrons. The van der Waals surface area contributed by atoms with Crippen molar-refractivity contribution in [2.45, 2.75) is 0 Å². The van der Waals surface area contributed by atoms with Crippen molar-refractivity contribution >= 4 is 22.1 Å². The molecule has 0 heterocycles. The monoisotopic (exact) mass is 235 g/mol. The maximum absolute atomic E-state index is 9.99. The molecular weight excluding hydrogens is 222 g/mol. The molecule has 18 heavy (non-hydrogen) atoms. The van der Waals surface area contributed by atoms with E-state index in [1.807, 2.05) is 60.7 Å². The predicted octanol–water partition coefficient (Wildman–Crippen LogP) is 4.29. The molecule has 3 rings (SSSR count). The molecular formula is C16H13NO. The molecule has 3 aromatic rings. The van der Waals surface area contributed by atoms with Crippen molar-refractivity contribution in [3.8, 4) is 5.75 Å². The Labute approximate surface area is 106 Å². The normalized spacial score (nSPS) is 10.4. The minimum Gasteiger partial charge on any atom is -0.507 e. The fourth-order valence-corrected chi connectivity index (χ4v) is 2.05. The zero-order valence-corrected chi connectivity index (χ0v) is 9.80. The molecule has 0 aliphatic carbocycles. The van der Waals surface area contributed by atoms with Crippen molar-refractivity contribution in [2.24, 2.45) is 0 Å². The van der Waals surface area contributed by atoms with E-state index >= 15 is 0 Å². The van der Waals surface area contributed by atoms with Crippen LogP contribution in [0.5, 0.6) is 5.75 Å². The highest BCUT2D eigenvalue weighted by atomic mass is 16.3. The summed E-state index contributed by atoms with van der Waals surface area (Å²) < 4.78 is 0. The first-order valence-corrected chi connectivity index (χ1v) is 5.87. The van der Waals surface area contributed by atoms with E-state index in [4.69, 9.17) is 0 Å². The molecule has 0 saturated carbocycles. The van der Waals surface area contributed by atoms with E-state index in [1.165, 1.54) is 0 Å². The summed E-state index contributed by atoms with van der Waals surface area (Å²) in [5.74, 6) is 0.298. The molecule has 0 spiro atoms. The van der Waals surface area contributed by atoms with Crippen LogP contribution >= 0.6 is 0 Å². The fraction of sp³-hybridized carbons (Fsp3) is 0. The molecule has 2 heteroatoms. The van der Waals surface area contributed by atoms with Gasteiger partial charge in [-0.05, 0) is 23.6 Å². The maximum atomic E-state index is 9.99. The molecule has 0 saturated heterocycles. The van der Waals surface area contributed by atoms with Crippen LogP contribution in [-0.4, -0.2) is 5.11 Å². The van der Waals surface area contributed by atoms with Crippen LogP contribution in [0.1, 0.15) is 0 Å². The third-order valence-electron chi connectivity index (χ3n) is 2.90. The number of phenolic OH excluding ortho intramolecular Hbond substituents is 1. The lowest BCUT2D eigenvalue weighted by Gasteiger charge is -2.09. The molecule has 3 aromatic carbocycles. The van der Waals surface area contributed by atoms with Gasteiger partial charge < -0.3 is 10.4 Å². The zero-order chi connectivity index (χ0) is 12.4. The van der Waals surface area contributed by atoms with E-state index in [9.17, 15) is 5.11 Å². The van der Waals surface area contributed by atoms with Crippen molar-refractivity contribution in [3.63, 3.8) is 0 Å². The van der Waals surface area contributed by atoms with E-state index in [2.05, 4.69) is 5.32 Å².